The molecule has 104 valence electrons. The van der Waals surface area contributed by atoms with Gasteiger partial charge < -0.3 is 15.4 Å². The Hall–Kier alpha value is -1.07. The summed E-state index contributed by atoms with van der Waals surface area (Å²) in [7, 11) is 1.57. The summed E-state index contributed by atoms with van der Waals surface area (Å²) in [6.07, 6.45) is 0.950. The minimum absolute atomic E-state index is 0.00769. The van der Waals surface area contributed by atoms with Crippen molar-refractivity contribution >= 4 is 21.8 Å². The maximum absolute atomic E-state index is 12.5. The molecular weight excluding hydrogens is 308 g/mol. The van der Waals surface area contributed by atoms with Crippen molar-refractivity contribution in [2.75, 3.05) is 20.2 Å². The van der Waals surface area contributed by atoms with E-state index in [9.17, 15) is 4.79 Å². The van der Waals surface area contributed by atoms with Gasteiger partial charge >= 0.3 is 0 Å². The number of benzene rings is 1. The lowest BCUT2D eigenvalue weighted by molar-refractivity contribution is 0.0669. The molecule has 2 atom stereocenters. The van der Waals surface area contributed by atoms with Crippen LogP contribution in [0.5, 0.6) is 5.75 Å². The lowest BCUT2D eigenvalue weighted by Gasteiger charge is -2.35. The predicted octanol–water partition coefficient (Wildman–Crippen LogP) is 2.27. The van der Waals surface area contributed by atoms with Gasteiger partial charge in [0.2, 0.25) is 0 Å². The molecule has 1 saturated heterocycles. The number of carbonyl (C=O) groups is 1. The van der Waals surface area contributed by atoms with Crippen LogP contribution in [0.3, 0.4) is 0 Å². The Morgan fingerprint density at radius 3 is 2.89 bits per heavy atom. The van der Waals surface area contributed by atoms with E-state index in [0.29, 0.717) is 23.8 Å². The summed E-state index contributed by atoms with van der Waals surface area (Å²) in [4.78, 5) is 14.3. The number of methoxy groups -OCH3 is 1. The first-order valence-corrected chi connectivity index (χ1v) is 7.20. The molecule has 4 nitrogen and oxygen atoms in total. The van der Waals surface area contributed by atoms with Crippen molar-refractivity contribution in [3.8, 4) is 5.75 Å². The number of nitrogens with zero attached hydrogens (tertiary/aromatic N) is 1. The largest absolute Gasteiger partial charge is 0.496 e. The molecule has 2 unspecified atom stereocenters. The summed E-state index contributed by atoms with van der Waals surface area (Å²) in [6.45, 7) is 3.50. The summed E-state index contributed by atoms with van der Waals surface area (Å²) < 4.78 is 6.17. The Balaban J connectivity index is 2.20. The van der Waals surface area contributed by atoms with Gasteiger partial charge in [0.1, 0.15) is 5.75 Å². The van der Waals surface area contributed by atoms with Crippen molar-refractivity contribution < 1.29 is 9.53 Å². The molecule has 19 heavy (non-hydrogen) atoms. The SMILES string of the molecule is COc1cc(Br)ccc1C(=O)N1CCC(C)C(N)C1. The highest BCUT2D eigenvalue weighted by molar-refractivity contribution is 9.10. The van der Waals surface area contributed by atoms with Gasteiger partial charge in [-0.15, -0.1) is 0 Å². The Morgan fingerprint density at radius 2 is 2.26 bits per heavy atom. The van der Waals surface area contributed by atoms with Crippen molar-refractivity contribution in [3.05, 3.63) is 28.2 Å². The number of hydrogen-bond donors (Lipinski definition) is 1. The molecule has 1 aliphatic rings. The molecule has 0 bridgehead atoms. The number of ether oxygens (including phenoxy) is 1. The van der Waals surface area contributed by atoms with Crippen LogP contribution < -0.4 is 10.5 Å². The average molecular weight is 327 g/mol. The number of likely N-dealkylation sites (tertiary alicyclic amines) is 1. The van der Waals surface area contributed by atoms with E-state index in [0.717, 1.165) is 17.4 Å². The fourth-order valence-electron chi connectivity index (χ4n) is 2.30. The molecule has 0 saturated carbocycles. The fourth-order valence-corrected chi connectivity index (χ4v) is 2.64. The predicted molar refractivity (Wildman–Crippen MR) is 78.4 cm³/mol. The molecule has 5 heteroatoms. The van der Waals surface area contributed by atoms with E-state index in [-0.39, 0.29) is 11.9 Å². The molecule has 1 amide bonds. The third-order valence-corrected chi connectivity index (χ3v) is 4.19. The van der Waals surface area contributed by atoms with Crippen molar-refractivity contribution in [1.82, 2.24) is 4.90 Å². The topological polar surface area (TPSA) is 55.6 Å². The normalized spacial score (nSPS) is 23.3. The quantitative estimate of drug-likeness (QED) is 0.907. The molecule has 0 aromatic heterocycles. The van der Waals surface area contributed by atoms with Gasteiger partial charge in [-0.05, 0) is 30.5 Å². The minimum Gasteiger partial charge on any atom is -0.496 e. The lowest BCUT2D eigenvalue weighted by Crippen LogP contribution is -2.49. The number of rotatable bonds is 2. The van der Waals surface area contributed by atoms with Crippen LogP contribution in [0.25, 0.3) is 0 Å². The van der Waals surface area contributed by atoms with E-state index in [1.54, 1.807) is 19.2 Å². The van der Waals surface area contributed by atoms with E-state index in [4.69, 9.17) is 10.5 Å². The molecule has 0 radical (unpaired) electrons. The van der Waals surface area contributed by atoms with E-state index < -0.39 is 0 Å². The van der Waals surface area contributed by atoms with Gasteiger partial charge in [-0.2, -0.15) is 0 Å². The van der Waals surface area contributed by atoms with Crippen LogP contribution in [0.2, 0.25) is 0 Å². The molecule has 2 N–H and O–H groups in total. The van der Waals surface area contributed by atoms with Gasteiger partial charge in [-0.25, -0.2) is 0 Å². The fraction of sp³-hybridized carbons (Fsp3) is 0.500. The smallest absolute Gasteiger partial charge is 0.257 e. The zero-order valence-corrected chi connectivity index (χ0v) is 12.8. The van der Waals surface area contributed by atoms with Crippen molar-refractivity contribution in [2.24, 2.45) is 11.7 Å². The summed E-state index contributed by atoms with van der Waals surface area (Å²) in [5.74, 6) is 1.05. The van der Waals surface area contributed by atoms with Crippen LogP contribution >= 0.6 is 15.9 Å². The summed E-state index contributed by atoms with van der Waals surface area (Å²) in [5, 5.41) is 0. The number of carbonyl (C=O) groups excluding carboxylic acids is 1. The molecule has 0 spiro atoms. The molecule has 0 aliphatic carbocycles. The van der Waals surface area contributed by atoms with Crippen LogP contribution in [0.4, 0.5) is 0 Å². The first-order valence-electron chi connectivity index (χ1n) is 6.41. The van der Waals surface area contributed by atoms with Crippen molar-refractivity contribution in [3.63, 3.8) is 0 Å². The van der Waals surface area contributed by atoms with Gasteiger partial charge in [0.25, 0.3) is 5.91 Å². The summed E-state index contributed by atoms with van der Waals surface area (Å²) >= 11 is 3.37. The Morgan fingerprint density at radius 1 is 1.53 bits per heavy atom. The van der Waals surface area contributed by atoms with Gasteiger partial charge in [0.15, 0.2) is 0 Å². The molecule has 2 rings (SSSR count). The lowest BCUT2D eigenvalue weighted by atomic mass is 9.94. The van der Waals surface area contributed by atoms with Gasteiger partial charge in [0.05, 0.1) is 12.7 Å². The van der Waals surface area contributed by atoms with Gasteiger partial charge in [-0.1, -0.05) is 22.9 Å². The second-order valence-corrected chi connectivity index (χ2v) is 5.94. The Bertz CT molecular complexity index is 479. The third kappa shape index (κ3) is 3.09. The highest BCUT2D eigenvalue weighted by Crippen LogP contribution is 2.26. The minimum atomic E-state index is -0.00769. The highest BCUT2D eigenvalue weighted by Gasteiger charge is 2.28. The van der Waals surface area contributed by atoms with E-state index >= 15 is 0 Å². The molecule has 1 aliphatic heterocycles. The Kier molecular flexibility index (Phi) is 4.47. The first kappa shape index (κ1) is 14.3. The van der Waals surface area contributed by atoms with Gasteiger partial charge in [0, 0.05) is 23.6 Å². The van der Waals surface area contributed by atoms with Crippen LogP contribution in [-0.4, -0.2) is 37.0 Å². The van der Waals surface area contributed by atoms with E-state index in [1.165, 1.54) is 0 Å². The standard InChI is InChI=1S/C14H19BrN2O2/c1-9-5-6-17(8-12(9)16)14(18)11-4-3-10(15)7-13(11)19-2/h3-4,7,9,12H,5-6,8,16H2,1-2H3. The second-order valence-electron chi connectivity index (χ2n) is 5.03. The van der Waals surface area contributed by atoms with Crippen LogP contribution in [-0.2, 0) is 0 Å². The zero-order valence-electron chi connectivity index (χ0n) is 11.2. The zero-order chi connectivity index (χ0) is 14.0. The summed E-state index contributed by atoms with van der Waals surface area (Å²) in [6, 6.07) is 5.50. The first-order chi connectivity index (χ1) is 9.02. The van der Waals surface area contributed by atoms with E-state index in [1.807, 2.05) is 11.0 Å². The number of amides is 1. The van der Waals surface area contributed by atoms with E-state index in [2.05, 4.69) is 22.9 Å². The highest BCUT2D eigenvalue weighted by atomic mass is 79.9. The average Bonchev–Trinajstić information content (AvgIpc) is 2.41. The van der Waals surface area contributed by atoms with Gasteiger partial charge in [-0.3, -0.25) is 4.79 Å². The Labute approximate surface area is 122 Å². The molecule has 1 heterocycles. The molecular formula is C14H19BrN2O2. The maximum Gasteiger partial charge on any atom is 0.257 e. The second kappa shape index (κ2) is 5.92. The van der Waals surface area contributed by atoms with Crippen LogP contribution in [0.1, 0.15) is 23.7 Å². The number of halogens is 1. The van der Waals surface area contributed by atoms with Crippen molar-refractivity contribution in [1.29, 1.82) is 0 Å². The molecule has 1 fully saturated rings. The number of hydrogen-bond acceptors (Lipinski definition) is 3. The maximum atomic E-state index is 12.5. The third-order valence-electron chi connectivity index (χ3n) is 3.70. The summed E-state index contributed by atoms with van der Waals surface area (Å²) in [5.41, 5.74) is 6.64. The molecule has 1 aromatic rings. The van der Waals surface area contributed by atoms with Crippen molar-refractivity contribution in [2.45, 2.75) is 19.4 Å². The van der Waals surface area contributed by atoms with Crippen LogP contribution in [0.15, 0.2) is 22.7 Å². The molecule has 1 aromatic carbocycles. The number of nitrogens with two attached hydrogens (primary N) is 1. The number of piperidine rings is 1. The monoisotopic (exact) mass is 326 g/mol. The van der Waals surface area contributed by atoms with Crippen LogP contribution in [0, 0.1) is 5.92 Å².